The van der Waals surface area contributed by atoms with E-state index >= 15 is 0 Å². The zero-order valence-corrected chi connectivity index (χ0v) is 10.3. The van der Waals surface area contributed by atoms with Gasteiger partial charge < -0.3 is 20.4 Å². The number of carbonyl (C=O) groups is 1. The van der Waals surface area contributed by atoms with E-state index in [1.54, 1.807) is 17.1 Å². The normalized spacial score (nSPS) is 10.8. The van der Waals surface area contributed by atoms with Crippen molar-refractivity contribution in [2.24, 2.45) is 5.73 Å². The maximum Gasteiger partial charge on any atom is 0.271 e. The van der Waals surface area contributed by atoms with Crippen LogP contribution in [0.2, 0.25) is 0 Å². The van der Waals surface area contributed by atoms with Gasteiger partial charge in [-0.25, -0.2) is 4.98 Å². The Morgan fingerprint density at radius 2 is 2.41 bits per heavy atom. The van der Waals surface area contributed by atoms with Gasteiger partial charge in [0, 0.05) is 25.8 Å². The van der Waals surface area contributed by atoms with Gasteiger partial charge in [0.15, 0.2) is 0 Å². The number of nitrogens with one attached hydrogen (secondary N) is 1. The van der Waals surface area contributed by atoms with Crippen LogP contribution in [0.4, 0.5) is 0 Å². The molecule has 1 heterocycles. The summed E-state index contributed by atoms with van der Waals surface area (Å²) >= 11 is 0. The Morgan fingerprint density at radius 3 is 3.06 bits per heavy atom. The molecular weight excluding hydrogens is 220 g/mol. The lowest BCUT2D eigenvalue weighted by atomic mass is 10.4. The van der Waals surface area contributed by atoms with Gasteiger partial charge in [-0.15, -0.1) is 0 Å². The van der Waals surface area contributed by atoms with Crippen molar-refractivity contribution in [1.29, 1.82) is 0 Å². The first-order valence-corrected chi connectivity index (χ1v) is 5.75. The minimum atomic E-state index is -0.187. The summed E-state index contributed by atoms with van der Waals surface area (Å²) in [6.07, 6.45) is 3.47. The maximum atomic E-state index is 11.6. The highest BCUT2D eigenvalue weighted by Gasteiger charge is 2.08. The summed E-state index contributed by atoms with van der Waals surface area (Å²) in [5, 5.41) is 2.74. The third-order valence-corrected chi connectivity index (χ3v) is 2.09. The summed E-state index contributed by atoms with van der Waals surface area (Å²) in [5.41, 5.74) is 5.81. The molecule has 0 unspecified atom stereocenters. The van der Waals surface area contributed by atoms with E-state index in [-0.39, 0.29) is 12.0 Å². The lowest BCUT2D eigenvalue weighted by molar-refractivity contribution is 0.0745. The molecular formula is C11H20N4O2. The van der Waals surface area contributed by atoms with Crippen LogP contribution in [0.3, 0.4) is 0 Å². The average Bonchev–Trinajstić information content (AvgIpc) is 2.73. The molecule has 0 spiro atoms. The first kappa shape index (κ1) is 13.7. The highest BCUT2D eigenvalue weighted by Crippen LogP contribution is 1.95. The highest BCUT2D eigenvalue weighted by molar-refractivity contribution is 5.91. The van der Waals surface area contributed by atoms with Crippen LogP contribution < -0.4 is 11.1 Å². The number of hydrogen-bond donors (Lipinski definition) is 2. The third kappa shape index (κ3) is 4.97. The second-order valence-electron chi connectivity index (χ2n) is 3.96. The van der Waals surface area contributed by atoms with E-state index in [0.717, 1.165) is 0 Å². The number of ether oxygens (including phenoxy) is 1. The molecule has 3 N–H and O–H groups in total. The number of nitrogens with two attached hydrogens (primary N) is 1. The number of imidazole rings is 1. The summed E-state index contributed by atoms with van der Waals surface area (Å²) in [7, 11) is 0. The molecule has 1 rings (SSSR count). The summed E-state index contributed by atoms with van der Waals surface area (Å²) in [4.78, 5) is 15.6. The summed E-state index contributed by atoms with van der Waals surface area (Å²) in [6, 6.07) is 0. The van der Waals surface area contributed by atoms with Crippen LogP contribution in [0, 0.1) is 0 Å². The summed E-state index contributed by atoms with van der Waals surface area (Å²) < 4.78 is 7.11. The Labute approximate surface area is 101 Å². The topological polar surface area (TPSA) is 82.2 Å². The molecule has 0 aliphatic heterocycles. The van der Waals surface area contributed by atoms with Crippen LogP contribution in [0.25, 0.3) is 0 Å². The van der Waals surface area contributed by atoms with Gasteiger partial charge in [-0.1, -0.05) is 0 Å². The number of nitrogens with zero attached hydrogens (tertiary/aromatic N) is 2. The van der Waals surface area contributed by atoms with Crippen LogP contribution in [0.1, 0.15) is 24.3 Å². The standard InChI is InChI=1S/C11H20N4O2/c1-9(2)17-6-4-13-11(16)10-7-15(5-3-12)8-14-10/h7-9H,3-6,12H2,1-2H3,(H,13,16). The van der Waals surface area contributed by atoms with Crippen LogP contribution in [-0.2, 0) is 11.3 Å². The van der Waals surface area contributed by atoms with Crippen molar-refractivity contribution >= 4 is 5.91 Å². The highest BCUT2D eigenvalue weighted by atomic mass is 16.5. The summed E-state index contributed by atoms with van der Waals surface area (Å²) in [5.74, 6) is -0.187. The smallest absolute Gasteiger partial charge is 0.271 e. The molecule has 0 aliphatic rings. The van der Waals surface area contributed by atoms with Crippen LogP contribution in [-0.4, -0.2) is 41.3 Å². The SMILES string of the molecule is CC(C)OCCNC(=O)c1cn(CCN)cn1. The summed E-state index contributed by atoms with van der Waals surface area (Å²) in [6.45, 7) is 6.09. The largest absolute Gasteiger partial charge is 0.377 e. The number of amides is 1. The molecule has 96 valence electrons. The average molecular weight is 240 g/mol. The maximum absolute atomic E-state index is 11.6. The van der Waals surface area contributed by atoms with E-state index in [2.05, 4.69) is 10.3 Å². The van der Waals surface area contributed by atoms with Gasteiger partial charge in [-0.05, 0) is 13.8 Å². The fourth-order valence-electron chi connectivity index (χ4n) is 1.30. The van der Waals surface area contributed by atoms with Crippen LogP contribution >= 0.6 is 0 Å². The first-order valence-electron chi connectivity index (χ1n) is 5.75. The fraction of sp³-hybridized carbons (Fsp3) is 0.636. The minimum Gasteiger partial charge on any atom is -0.377 e. The molecule has 0 bridgehead atoms. The van der Waals surface area contributed by atoms with Crippen molar-refractivity contribution < 1.29 is 9.53 Å². The Kier molecular flexibility index (Phi) is 5.65. The number of aromatic nitrogens is 2. The van der Waals surface area contributed by atoms with E-state index in [9.17, 15) is 4.79 Å². The van der Waals surface area contributed by atoms with Gasteiger partial charge in [0.25, 0.3) is 5.91 Å². The van der Waals surface area contributed by atoms with Crippen molar-refractivity contribution in [3.63, 3.8) is 0 Å². The molecule has 17 heavy (non-hydrogen) atoms. The number of carbonyl (C=O) groups excluding carboxylic acids is 1. The molecule has 6 nitrogen and oxygen atoms in total. The van der Waals surface area contributed by atoms with E-state index in [4.69, 9.17) is 10.5 Å². The Balaban J connectivity index is 2.31. The molecule has 1 amide bonds. The van der Waals surface area contributed by atoms with E-state index in [0.29, 0.717) is 31.9 Å². The van der Waals surface area contributed by atoms with Crippen molar-refractivity contribution in [2.75, 3.05) is 19.7 Å². The molecule has 0 radical (unpaired) electrons. The first-order chi connectivity index (χ1) is 8.13. The second kappa shape index (κ2) is 7.03. The fourth-order valence-corrected chi connectivity index (χ4v) is 1.30. The van der Waals surface area contributed by atoms with Crippen LogP contribution in [0.15, 0.2) is 12.5 Å². The van der Waals surface area contributed by atoms with E-state index in [1.807, 2.05) is 13.8 Å². The van der Waals surface area contributed by atoms with Crippen LogP contribution in [0.5, 0.6) is 0 Å². The number of rotatable bonds is 7. The second-order valence-corrected chi connectivity index (χ2v) is 3.96. The van der Waals surface area contributed by atoms with E-state index < -0.39 is 0 Å². The molecule has 0 saturated carbocycles. The Hall–Kier alpha value is -1.40. The van der Waals surface area contributed by atoms with Crippen molar-refractivity contribution in [2.45, 2.75) is 26.5 Å². The van der Waals surface area contributed by atoms with Gasteiger partial charge in [-0.2, -0.15) is 0 Å². The molecule has 1 aromatic heterocycles. The van der Waals surface area contributed by atoms with Gasteiger partial charge in [0.1, 0.15) is 5.69 Å². The molecule has 0 aliphatic carbocycles. The lowest BCUT2D eigenvalue weighted by Gasteiger charge is -2.07. The Morgan fingerprint density at radius 1 is 1.65 bits per heavy atom. The molecule has 1 aromatic rings. The third-order valence-electron chi connectivity index (χ3n) is 2.09. The lowest BCUT2D eigenvalue weighted by Crippen LogP contribution is -2.28. The van der Waals surface area contributed by atoms with E-state index in [1.165, 1.54) is 0 Å². The van der Waals surface area contributed by atoms with Crippen molar-refractivity contribution in [3.05, 3.63) is 18.2 Å². The van der Waals surface area contributed by atoms with Gasteiger partial charge in [-0.3, -0.25) is 4.79 Å². The molecule has 6 heteroatoms. The molecule has 0 aromatic carbocycles. The Bertz CT molecular complexity index is 349. The van der Waals surface area contributed by atoms with Gasteiger partial charge in [0.05, 0.1) is 19.0 Å². The van der Waals surface area contributed by atoms with Gasteiger partial charge >= 0.3 is 0 Å². The van der Waals surface area contributed by atoms with Crippen molar-refractivity contribution in [1.82, 2.24) is 14.9 Å². The minimum absolute atomic E-state index is 0.177. The van der Waals surface area contributed by atoms with Crippen molar-refractivity contribution in [3.8, 4) is 0 Å². The predicted octanol–water partition coefficient (Wildman–Crippen LogP) is -0.00340. The molecule has 0 atom stereocenters. The zero-order chi connectivity index (χ0) is 12.7. The monoisotopic (exact) mass is 240 g/mol. The van der Waals surface area contributed by atoms with Gasteiger partial charge in [0.2, 0.25) is 0 Å². The molecule has 0 saturated heterocycles. The number of hydrogen-bond acceptors (Lipinski definition) is 4. The zero-order valence-electron chi connectivity index (χ0n) is 10.3. The quantitative estimate of drug-likeness (QED) is 0.657. The predicted molar refractivity (Wildman–Crippen MR) is 64.7 cm³/mol. The molecule has 0 fully saturated rings.